The highest BCUT2D eigenvalue weighted by Gasteiger charge is 2.46. The predicted molar refractivity (Wildman–Crippen MR) is 76.0 cm³/mol. The summed E-state index contributed by atoms with van der Waals surface area (Å²) < 4.78 is 10.7. The Morgan fingerprint density at radius 2 is 1.26 bits per heavy atom. The van der Waals surface area contributed by atoms with E-state index in [-0.39, 0.29) is 5.41 Å². The fourth-order valence-corrected chi connectivity index (χ4v) is 2.71. The van der Waals surface area contributed by atoms with Gasteiger partial charge >= 0.3 is 0 Å². The lowest BCUT2D eigenvalue weighted by atomic mass is 9.88. The van der Waals surface area contributed by atoms with Gasteiger partial charge in [-0.3, -0.25) is 0 Å². The Morgan fingerprint density at radius 1 is 0.789 bits per heavy atom. The zero-order valence-corrected chi connectivity index (χ0v) is 11.3. The topological polar surface area (TPSA) is 18.5 Å². The summed E-state index contributed by atoms with van der Waals surface area (Å²) >= 11 is 0. The van der Waals surface area contributed by atoms with Gasteiger partial charge in [-0.05, 0) is 48.2 Å². The summed E-state index contributed by atoms with van der Waals surface area (Å²) in [5.41, 5.74) is 2.82. The normalized spacial score (nSPS) is 15.9. The van der Waals surface area contributed by atoms with E-state index >= 15 is 0 Å². The van der Waals surface area contributed by atoms with Gasteiger partial charge in [0.15, 0.2) is 0 Å². The largest absolute Gasteiger partial charge is 0.497 e. The van der Waals surface area contributed by atoms with Crippen molar-refractivity contribution in [2.75, 3.05) is 14.2 Å². The average molecular weight is 254 g/mol. The Bertz CT molecular complexity index is 536. The van der Waals surface area contributed by atoms with Gasteiger partial charge in [-0.1, -0.05) is 24.3 Å². The first-order valence-electron chi connectivity index (χ1n) is 6.57. The highest BCUT2D eigenvalue weighted by Crippen LogP contribution is 2.54. The molecule has 3 rings (SSSR count). The van der Waals surface area contributed by atoms with Crippen LogP contribution in [-0.2, 0) is 5.41 Å². The zero-order chi connectivity index (χ0) is 13.3. The number of benzene rings is 2. The van der Waals surface area contributed by atoms with Gasteiger partial charge in [0, 0.05) is 5.41 Å². The van der Waals surface area contributed by atoms with Gasteiger partial charge in [0.1, 0.15) is 11.5 Å². The molecule has 0 heterocycles. The highest BCUT2D eigenvalue weighted by molar-refractivity contribution is 5.49. The van der Waals surface area contributed by atoms with Crippen LogP contribution in [0.1, 0.15) is 24.0 Å². The van der Waals surface area contributed by atoms with Gasteiger partial charge in [0.2, 0.25) is 0 Å². The van der Waals surface area contributed by atoms with Crippen LogP contribution < -0.4 is 9.47 Å². The Labute approximate surface area is 114 Å². The van der Waals surface area contributed by atoms with E-state index in [9.17, 15) is 0 Å². The maximum Gasteiger partial charge on any atom is 0.119 e. The molecule has 1 saturated carbocycles. The predicted octanol–water partition coefficient (Wildman–Crippen LogP) is 3.78. The maximum atomic E-state index is 5.33. The zero-order valence-electron chi connectivity index (χ0n) is 11.3. The molecule has 0 aromatic heterocycles. The molecule has 1 fully saturated rings. The molecule has 0 bridgehead atoms. The quantitative estimate of drug-likeness (QED) is 0.826. The molecule has 0 N–H and O–H groups in total. The number of methoxy groups -OCH3 is 2. The second-order valence-electron chi connectivity index (χ2n) is 5.05. The Balaban J connectivity index is 2.02. The molecule has 19 heavy (non-hydrogen) atoms. The van der Waals surface area contributed by atoms with Crippen LogP contribution >= 0.6 is 0 Å². The fourth-order valence-electron chi connectivity index (χ4n) is 2.71. The van der Waals surface area contributed by atoms with Crippen molar-refractivity contribution < 1.29 is 9.47 Å². The molecule has 1 aliphatic carbocycles. The molecule has 2 heteroatoms. The third kappa shape index (κ3) is 2.07. The molecular formula is C17H18O2. The van der Waals surface area contributed by atoms with Crippen molar-refractivity contribution in [3.05, 3.63) is 59.7 Å². The Kier molecular flexibility index (Phi) is 2.94. The average Bonchev–Trinajstić information content (AvgIpc) is 3.29. The number of hydrogen-bond donors (Lipinski definition) is 0. The Morgan fingerprint density at radius 3 is 1.63 bits per heavy atom. The van der Waals surface area contributed by atoms with Crippen molar-refractivity contribution >= 4 is 0 Å². The van der Waals surface area contributed by atoms with Gasteiger partial charge < -0.3 is 9.47 Å². The van der Waals surface area contributed by atoms with E-state index in [4.69, 9.17) is 9.47 Å². The summed E-state index contributed by atoms with van der Waals surface area (Å²) in [4.78, 5) is 0. The fraction of sp³-hybridized carbons (Fsp3) is 0.294. The first-order valence-corrected chi connectivity index (χ1v) is 6.57. The van der Waals surface area contributed by atoms with Crippen LogP contribution in [0.5, 0.6) is 11.5 Å². The molecule has 0 unspecified atom stereocenters. The molecule has 0 radical (unpaired) electrons. The molecular weight excluding hydrogens is 236 g/mol. The van der Waals surface area contributed by atoms with Crippen LogP contribution in [0.15, 0.2) is 48.5 Å². The second kappa shape index (κ2) is 4.61. The molecule has 2 nitrogen and oxygen atoms in total. The van der Waals surface area contributed by atoms with Gasteiger partial charge in [-0.25, -0.2) is 0 Å². The monoisotopic (exact) mass is 254 g/mol. The van der Waals surface area contributed by atoms with E-state index in [0.29, 0.717) is 0 Å². The van der Waals surface area contributed by atoms with Crippen molar-refractivity contribution in [1.29, 1.82) is 0 Å². The summed E-state index contributed by atoms with van der Waals surface area (Å²) in [6.45, 7) is 0. The minimum absolute atomic E-state index is 0.156. The van der Waals surface area contributed by atoms with Gasteiger partial charge in [0.25, 0.3) is 0 Å². The van der Waals surface area contributed by atoms with E-state index in [2.05, 4.69) is 36.4 Å². The summed E-state index contributed by atoms with van der Waals surface area (Å²) in [6, 6.07) is 16.8. The third-order valence-electron chi connectivity index (χ3n) is 3.99. The summed E-state index contributed by atoms with van der Waals surface area (Å²) in [5.74, 6) is 1.85. The molecule has 2 aromatic carbocycles. The molecule has 0 saturated heterocycles. The lowest BCUT2D eigenvalue weighted by molar-refractivity contribution is 0.413. The van der Waals surface area contributed by atoms with Crippen LogP contribution in [0.3, 0.4) is 0 Å². The lowest BCUT2D eigenvalue weighted by Crippen LogP contribution is -2.08. The smallest absolute Gasteiger partial charge is 0.119 e. The van der Waals surface area contributed by atoms with E-state index < -0.39 is 0 Å². The van der Waals surface area contributed by atoms with E-state index in [1.807, 2.05) is 12.1 Å². The van der Waals surface area contributed by atoms with E-state index in [1.54, 1.807) is 14.2 Å². The van der Waals surface area contributed by atoms with Crippen LogP contribution in [-0.4, -0.2) is 14.2 Å². The Hall–Kier alpha value is -1.96. The summed E-state index contributed by atoms with van der Waals surface area (Å²) in [5, 5.41) is 0. The summed E-state index contributed by atoms with van der Waals surface area (Å²) in [7, 11) is 3.43. The van der Waals surface area contributed by atoms with Crippen molar-refractivity contribution in [3.8, 4) is 11.5 Å². The molecule has 0 atom stereocenters. The van der Waals surface area contributed by atoms with Gasteiger partial charge in [-0.2, -0.15) is 0 Å². The molecule has 98 valence electrons. The van der Waals surface area contributed by atoms with Crippen LogP contribution in [0, 0.1) is 0 Å². The number of ether oxygens (including phenoxy) is 2. The minimum Gasteiger partial charge on any atom is -0.497 e. The third-order valence-corrected chi connectivity index (χ3v) is 3.99. The minimum atomic E-state index is 0.156. The van der Waals surface area contributed by atoms with Gasteiger partial charge in [-0.15, -0.1) is 0 Å². The number of hydrogen-bond acceptors (Lipinski definition) is 2. The molecule has 2 aromatic rings. The van der Waals surface area contributed by atoms with E-state index in [0.717, 1.165) is 11.5 Å². The second-order valence-corrected chi connectivity index (χ2v) is 5.05. The van der Waals surface area contributed by atoms with Crippen LogP contribution in [0.4, 0.5) is 0 Å². The standard InChI is InChI=1S/C17H18O2/c1-18-15-7-3-5-13(11-15)17(9-10-17)14-6-4-8-16(12-14)19-2/h3-8,11-12H,9-10H2,1-2H3. The van der Waals surface area contributed by atoms with Gasteiger partial charge in [0.05, 0.1) is 14.2 Å². The lowest BCUT2D eigenvalue weighted by Gasteiger charge is -2.18. The molecule has 0 amide bonds. The first kappa shape index (κ1) is 12.1. The molecule has 0 aliphatic heterocycles. The molecule has 1 aliphatic rings. The first-order chi connectivity index (χ1) is 9.28. The van der Waals surface area contributed by atoms with Crippen LogP contribution in [0.25, 0.3) is 0 Å². The molecule has 0 spiro atoms. The van der Waals surface area contributed by atoms with Crippen molar-refractivity contribution in [1.82, 2.24) is 0 Å². The number of rotatable bonds is 4. The maximum absolute atomic E-state index is 5.33. The van der Waals surface area contributed by atoms with Crippen LogP contribution in [0.2, 0.25) is 0 Å². The SMILES string of the molecule is COc1cccc(C2(c3cccc(OC)c3)CC2)c1. The summed E-state index contributed by atoms with van der Waals surface area (Å²) in [6.07, 6.45) is 2.38. The highest BCUT2D eigenvalue weighted by atomic mass is 16.5. The van der Waals surface area contributed by atoms with Crippen molar-refractivity contribution in [3.63, 3.8) is 0 Å². The van der Waals surface area contributed by atoms with Crippen molar-refractivity contribution in [2.24, 2.45) is 0 Å². The van der Waals surface area contributed by atoms with E-state index in [1.165, 1.54) is 24.0 Å². The van der Waals surface area contributed by atoms with Crippen molar-refractivity contribution in [2.45, 2.75) is 18.3 Å².